The molecule has 0 fully saturated rings. The van der Waals surface area contributed by atoms with Gasteiger partial charge >= 0.3 is 0 Å². The van der Waals surface area contributed by atoms with Gasteiger partial charge in [-0.1, -0.05) is 42.5 Å². The average Bonchev–Trinajstić information content (AvgIpc) is 2.70. The molecule has 5 nitrogen and oxygen atoms in total. The lowest BCUT2D eigenvalue weighted by Crippen LogP contribution is -2.34. The molecule has 0 saturated carbocycles. The Morgan fingerprint density at radius 2 is 1.70 bits per heavy atom. The minimum absolute atomic E-state index is 0.333. The largest absolute Gasteiger partial charge is 0.330 e. The van der Waals surface area contributed by atoms with Crippen LogP contribution in [0.25, 0.3) is 10.8 Å². The van der Waals surface area contributed by atoms with Crippen LogP contribution < -0.4 is 5.73 Å². The van der Waals surface area contributed by atoms with Crippen molar-refractivity contribution in [3.05, 3.63) is 72.6 Å². The third kappa shape index (κ3) is 4.71. The van der Waals surface area contributed by atoms with E-state index in [4.69, 9.17) is 5.73 Å². The number of rotatable bonds is 9. The van der Waals surface area contributed by atoms with Crippen molar-refractivity contribution in [3.63, 3.8) is 0 Å². The van der Waals surface area contributed by atoms with Crippen LogP contribution in [0.3, 0.4) is 0 Å². The summed E-state index contributed by atoms with van der Waals surface area (Å²) < 4.78 is 28.3. The summed E-state index contributed by atoms with van der Waals surface area (Å²) in [5.41, 5.74) is 6.85. The Labute approximate surface area is 160 Å². The maximum absolute atomic E-state index is 13.4. The molecule has 0 aliphatic rings. The van der Waals surface area contributed by atoms with Gasteiger partial charge in [0.05, 0.1) is 4.90 Å². The topological polar surface area (TPSA) is 76.3 Å². The van der Waals surface area contributed by atoms with E-state index in [0.717, 1.165) is 18.2 Å². The molecule has 0 amide bonds. The molecule has 0 aliphatic carbocycles. The molecule has 0 saturated heterocycles. The Balaban J connectivity index is 1.83. The molecule has 0 atom stereocenters. The minimum Gasteiger partial charge on any atom is -0.330 e. The van der Waals surface area contributed by atoms with Gasteiger partial charge < -0.3 is 5.73 Å². The molecule has 0 unspecified atom stereocenters. The number of hydrogen-bond donors (Lipinski definition) is 1. The first-order valence-electron chi connectivity index (χ1n) is 9.20. The number of pyridine rings is 1. The number of fused-ring (bicyclic) bond motifs is 1. The molecule has 142 valence electrons. The first-order valence-corrected chi connectivity index (χ1v) is 10.6. The van der Waals surface area contributed by atoms with Gasteiger partial charge in [0.15, 0.2) is 0 Å². The normalized spacial score (nSPS) is 11.9. The summed E-state index contributed by atoms with van der Waals surface area (Å²) in [7, 11) is -3.60. The fourth-order valence-corrected chi connectivity index (χ4v) is 4.91. The van der Waals surface area contributed by atoms with Crippen LogP contribution in [0.4, 0.5) is 0 Å². The quantitative estimate of drug-likeness (QED) is 0.616. The SMILES string of the molecule is NCCCN(CCCc1ccccc1)S(=O)(=O)c1cccc2cnccc12. The van der Waals surface area contributed by atoms with E-state index in [-0.39, 0.29) is 0 Å². The molecule has 1 heterocycles. The lowest BCUT2D eigenvalue weighted by molar-refractivity contribution is 0.401. The van der Waals surface area contributed by atoms with Crippen molar-refractivity contribution in [2.45, 2.75) is 24.2 Å². The van der Waals surface area contributed by atoms with Crippen molar-refractivity contribution < 1.29 is 8.42 Å². The van der Waals surface area contributed by atoms with E-state index in [1.165, 1.54) is 5.56 Å². The second-order valence-electron chi connectivity index (χ2n) is 6.49. The molecule has 2 aromatic carbocycles. The fourth-order valence-electron chi connectivity index (χ4n) is 3.18. The van der Waals surface area contributed by atoms with E-state index in [1.54, 1.807) is 34.9 Å². The number of aryl methyl sites for hydroxylation is 1. The number of sulfonamides is 1. The van der Waals surface area contributed by atoms with Gasteiger partial charge in [0, 0.05) is 36.3 Å². The fraction of sp³-hybridized carbons (Fsp3) is 0.286. The lowest BCUT2D eigenvalue weighted by atomic mass is 10.1. The first kappa shape index (κ1) is 19.5. The summed E-state index contributed by atoms with van der Waals surface area (Å²) in [4.78, 5) is 4.42. The zero-order valence-electron chi connectivity index (χ0n) is 15.3. The molecule has 1 aromatic heterocycles. The monoisotopic (exact) mass is 383 g/mol. The van der Waals surface area contributed by atoms with Crippen LogP contribution >= 0.6 is 0 Å². The highest BCUT2D eigenvalue weighted by atomic mass is 32.2. The van der Waals surface area contributed by atoms with Gasteiger partial charge in [0.2, 0.25) is 10.0 Å². The number of benzene rings is 2. The third-order valence-electron chi connectivity index (χ3n) is 4.59. The van der Waals surface area contributed by atoms with Crippen LogP contribution in [0, 0.1) is 0 Å². The highest BCUT2D eigenvalue weighted by Gasteiger charge is 2.25. The molecular formula is C21H25N3O2S. The number of hydrogen-bond acceptors (Lipinski definition) is 4. The lowest BCUT2D eigenvalue weighted by Gasteiger charge is -2.23. The van der Waals surface area contributed by atoms with E-state index in [2.05, 4.69) is 17.1 Å². The molecule has 2 N–H and O–H groups in total. The van der Waals surface area contributed by atoms with E-state index in [9.17, 15) is 8.42 Å². The van der Waals surface area contributed by atoms with Gasteiger partial charge in [-0.2, -0.15) is 4.31 Å². The Hall–Kier alpha value is -2.28. The van der Waals surface area contributed by atoms with E-state index < -0.39 is 10.0 Å². The zero-order valence-corrected chi connectivity index (χ0v) is 16.1. The number of aromatic nitrogens is 1. The molecule has 0 bridgehead atoms. The van der Waals surface area contributed by atoms with Crippen molar-refractivity contribution in [2.24, 2.45) is 5.73 Å². The summed E-state index contributed by atoms with van der Waals surface area (Å²) in [6, 6.07) is 17.2. The van der Waals surface area contributed by atoms with Crippen molar-refractivity contribution in [2.75, 3.05) is 19.6 Å². The maximum Gasteiger partial charge on any atom is 0.243 e. The third-order valence-corrected chi connectivity index (χ3v) is 6.54. The summed E-state index contributed by atoms with van der Waals surface area (Å²) in [5.74, 6) is 0. The highest BCUT2D eigenvalue weighted by Crippen LogP contribution is 2.25. The van der Waals surface area contributed by atoms with Crippen LogP contribution in [0.15, 0.2) is 71.9 Å². The van der Waals surface area contributed by atoms with Gasteiger partial charge in [-0.3, -0.25) is 4.98 Å². The Morgan fingerprint density at radius 1 is 0.926 bits per heavy atom. The minimum atomic E-state index is -3.60. The van der Waals surface area contributed by atoms with Crippen LogP contribution in [-0.2, 0) is 16.4 Å². The van der Waals surface area contributed by atoms with Crippen molar-refractivity contribution in [3.8, 4) is 0 Å². The predicted octanol–water partition coefficient (Wildman–Crippen LogP) is 3.21. The average molecular weight is 384 g/mol. The maximum atomic E-state index is 13.4. The van der Waals surface area contributed by atoms with E-state index in [0.29, 0.717) is 36.3 Å². The smallest absolute Gasteiger partial charge is 0.243 e. The molecular weight excluding hydrogens is 358 g/mol. The van der Waals surface area contributed by atoms with E-state index >= 15 is 0 Å². The van der Waals surface area contributed by atoms with Crippen molar-refractivity contribution in [1.29, 1.82) is 0 Å². The zero-order chi connectivity index (χ0) is 19.1. The summed E-state index contributed by atoms with van der Waals surface area (Å²) in [6.45, 7) is 1.36. The summed E-state index contributed by atoms with van der Waals surface area (Å²) in [5, 5.41) is 1.52. The van der Waals surface area contributed by atoms with Gasteiger partial charge in [0.25, 0.3) is 0 Å². The summed E-state index contributed by atoms with van der Waals surface area (Å²) in [6.07, 6.45) is 5.56. The molecule has 6 heteroatoms. The Morgan fingerprint density at radius 3 is 2.48 bits per heavy atom. The predicted molar refractivity (Wildman–Crippen MR) is 109 cm³/mol. The highest BCUT2D eigenvalue weighted by molar-refractivity contribution is 7.89. The molecule has 0 aliphatic heterocycles. The van der Waals surface area contributed by atoms with Crippen LogP contribution in [-0.4, -0.2) is 37.3 Å². The van der Waals surface area contributed by atoms with Crippen molar-refractivity contribution >= 4 is 20.8 Å². The summed E-state index contributed by atoms with van der Waals surface area (Å²) >= 11 is 0. The Kier molecular flexibility index (Phi) is 6.55. The van der Waals surface area contributed by atoms with E-state index in [1.807, 2.05) is 24.3 Å². The van der Waals surface area contributed by atoms with Crippen LogP contribution in [0.1, 0.15) is 18.4 Å². The van der Waals surface area contributed by atoms with Crippen molar-refractivity contribution in [1.82, 2.24) is 9.29 Å². The number of nitrogens with two attached hydrogens (primary N) is 1. The van der Waals surface area contributed by atoms with Crippen LogP contribution in [0.2, 0.25) is 0 Å². The molecule has 3 rings (SSSR count). The Bertz CT molecular complexity index is 970. The molecule has 27 heavy (non-hydrogen) atoms. The van der Waals surface area contributed by atoms with Gasteiger partial charge in [-0.15, -0.1) is 0 Å². The van der Waals surface area contributed by atoms with Crippen LogP contribution in [0.5, 0.6) is 0 Å². The number of nitrogens with zero attached hydrogens (tertiary/aromatic N) is 2. The molecule has 0 spiro atoms. The van der Waals surface area contributed by atoms with Gasteiger partial charge in [-0.25, -0.2) is 8.42 Å². The standard InChI is InChI=1S/C21H25N3O2S/c22-13-6-16-24(15-5-9-18-7-2-1-3-8-18)27(25,26)21-11-4-10-19-17-23-14-12-20(19)21/h1-4,7-8,10-12,14,17H,5-6,9,13,15-16,22H2. The van der Waals surface area contributed by atoms with Gasteiger partial charge in [-0.05, 0) is 43.5 Å². The second kappa shape index (κ2) is 9.08. The first-order chi connectivity index (χ1) is 13.1. The second-order valence-corrected chi connectivity index (χ2v) is 8.39. The van der Waals surface area contributed by atoms with Gasteiger partial charge in [0.1, 0.15) is 0 Å². The molecule has 0 radical (unpaired) electrons. The molecule has 3 aromatic rings.